The fourth-order valence-electron chi connectivity index (χ4n) is 1.53. The fourth-order valence-corrected chi connectivity index (χ4v) is 2.17. The Bertz CT molecular complexity index is 170. The fraction of sp³-hybridized carbons (Fsp3) is 0.889. The van der Waals surface area contributed by atoms with Crippen LogP contribution in [0, 0.1) is 5.92 Å². The lowest BCUT2D eigenvalue weighted by atomic mass is 10.1. The Morgan fingerprint density at radius 3 is 2.83 bits per heavy atom. The molecule has 0 N–H and O–H groups in total. The molecular weight excluding hydrogens is 218 g/mol. The third-order valence-electron chi connectivity index (χ3n) is 2.07. The van der Waals surface area contributed by atoms with Gasteiger partial charge in [0, 0.05) is 26.1 Å². The molecule has 0 aromatic heterocycles. The second-order valence-corrected chi connectivity index (χ2v) is 4.94. The van der Waals surface area contributed by atoms with Gasteiger partial charge in [-0.3, -0.25) is 4.79 Å². The molecule has 0 saturated carbocycles. The Hall–Kier alpha value is 0.110. The van der Waals surface area contributed by atoms with E-state index in [9.17, 15) is 4.79 Å². The molecule has 0 aromatic rings. The predicted octanol–water partition coefficient (Wildman–Crippen LogP) is 1.68. The molecule has 0 amide bonds. The standard InChI is InChI=1S/C9H16BrNO/c1-7(2)5-11-4-3-9(12)8(10)6-11/h7-8H,3-6H2,1-2H3. The summed E-state index contributed by atoms with van der Waals surface area (Å²) in [4.78, 5) is 13.6. The van der Waals surface area contributed by atoms with E-state index >= 15 is 0 Å². The van der Waals surface area contributed by atoms with Crippen molar-refractivity contribution in [2.24, 2.45) is 5.92 Å². The molecule has 1 fully saturated rings. The minimum absolute atomic E-state index is 0.0741. The van der Waals surface area contributed by atoms with Crippen molar-refractivity contribution >= 4 is 21.7 Å². The molecule has 0 radical (unpaired) electrons. The van der Waals surface area contributed by atoms with E-state index in [1.54, 1.807) is 0 Å². The molecule has 12 heavy (non-hydrogen) atoms. The highest BCUT2D eigenvalue weighted by Gasteiger charge is 2.24. The van der Waals surface area contributed by atoms with Gasteiger partial charge in [0.05, 0.1) is 4.83 Å². The Kier molecular flexibility index (Phi) is 3.72. The zero-order chi connectivity index (χ0) is 9.14. The van der Waals surface area contributed by atoms with E-state index in [2.05, 4.69) is 34.7 Å². The number of hydrogen-bond donors (Lipinski definition) is 0. The van der Waals surface area contributed by atoms with E-state index in [1.165, 1.54) is 0 Å². The number of halogens is 1. The van der Waals surface area contributed by atoms with Gasteiger partial charge in [0.1, 0.15) is 5.78 Å². The summed E-state index contributed by atoms with van der Waals surface area (Å²) in [6.45, 7) is 7.35. The summed E-state index contributed by atoms with van der Waals surface area (Å²) < 4.78 is 0. The number of likely N-dealkylation sites (tertiary alicyclic amines) is 1. The van der Waals surface area contributed by atoms with Crippen LogP contribution in [0.5, 0.6) is 0 Å². The topological polar surface area (TPSA) is 20.3 Å². The van der Waals surface area contributed by atoms with Crippen molar-refractivity contribution in [1.29, 1.82) is 0 Å². The lowest BCUT2D eigenvalue weighted by Gasteiger charge is -2.30. The molecule has 1 saturated heterocycles. The van der Waals surface area contributed by atoms with Crippen molar-refractivity contribution < 1.29 is 4.79 Å². The largest absolute Gasteiger partial charge is 0.301 e. The van der Waals surface area contributed by atoms with Crippen molar-refractivity contribution in [3.05, 3.63) is 0 Å². The van der Waals surface area contributed by atoms with Gasteiger partial charge in [-0.1, -0.05) is 29.8 Å². The van der Waals surface area contributed by atoms with Crippen LogP contribution in [0.3, 0.4) is 0 Å². The minimum Gasteiger partial charge on any atom is -0.301 e. The normalized spacial score (nSPS) is 26.7. The van der Waals surface area contributed by atoms with Crippen molar-refractivity contribution in [3.63, 3.8) is 0 Å². The molecular formula is C9H16BrNO. The van der Waals surface area contributed by atoms with Crippen LogP contribution in [-0.2, 0) is 4.79 Å². The van der Waals surface area contributed by atoms with Crippen LogP contribution in [0.15, 0.2) is 0 Å². The van der Waals surface area contributed by atoms with E-state index in [0.29, 0.717) is 18.1 Å². The first-order valence-electron chi connectivity index (χ1n) is 4.48. The number of ketones is 1. The van der Waals surface area contributed by atoms with E-state index < -0.39 is 0 Å². The summed E-state index contributed by atoms with van der Waals surface area (Å²) in [5.74, 6) is 1.05. The van der Waals surface area contributed by atoms with Crippen LogP contribution in [0.25, 0.3) is 0 Å². The molecule has 1 aliphatic rings. The molecule has 0 spiro atoms. The summed E-state index contributed by atoms with van der Waals surface area (Å²) >= 11 is 3.39. The molecule has 1 unspecified atom stereocenters. The van der Waals surface area contributed by atoms with Gasteiger partial charge < -0.3 is 4.90 Å². The van der Waals surface area contributed by atoms with Crippen LogP contribution in [-0.4, -0.2) is 35.1 Å². The maximum atomic E-state index is 11.2. The van der Waals surface area contributed by atoms with Crippen LogP contribution in [0.1, 0.15) is 20.3 Å². The van der Waals surface area contributed by atoms with E-state index in [-0.39, 0.29) is 4.83 Å². The molecule has 0 aliphatic carbocycles. The molecule has 3 heteroatoms. The van der Waals surface area contributed by atoms with Gasteiger partial charge in [0.2, 0.25) is 0 Å². The number of alkyl halides is 1. The number of hydrogen-bond acceptors (Lipinski definition) is 2. The Morgan fingerprint density at radius 1 is 1.67 bits per heavy atom. The smallest absolute Gasteiger partial charge is 0.149 e. The average Bonchev–Trinajstić information content (AvgIpc) is 1.96. The number of piperidine rings is 1. The molecule has 1 heterocycles. The Labute approximate surface area is 82.4 Å². The molecule has 1 rings (SSSR count). The molecule has 1 aliphatic heterocycles. The predicted molar refractivity (Wildman–Crippen MR) is 53.6 cm³/mol. The lowest BCUT2D eigenvalue weighted by molar-refractivity contribution is -0.120. The van der Waals surface area contributed by atoms with Crippen molar-refractivity contribution in [2.75, 3.05) is 19.6 Å². The highest BCUT2D eigenvalue weighted by Crippen LogP contribution is 2.14. The zero-order valence-corrected chi connectivity index (χ0v) is 9.30. The minimum atomic E-state index is 0.0741. The summed E-state index contributed by atoms with van der Waals surface area (Å²) in [5.41, 5.74) is 0. The Morgan fingerprint density at radius 2 is 2.33 bits per heavy atom. The van der Waals surface area contributed by atoms with Crippen molar-refractivity contribution in [3.8, 4) is 0 Å². The molecule has 2 nitrogen and oxygen atoms in total. The van der Waals surface area contributed by atoms with Crippen molar-refractivity contribution in [2.45, 2.75) is 25.1 Å². The van der Waals surface area contributed by atoms with Crippen LogP contribution in [0.4, 0.5) is 0 Å². The highest BCUT2D eigenvalue weighted by molar-refractivity contribution is 9.10. The number of nitrogens with zero attached hydrogens (tertiary/aromatic N) is 1. The lowest BCUT2D eigenvalue weighted by Crippen LogP contribution is -2.42. The summed E-state index contributed by atoms with van der Waals surface area (Å²) in [6, 6.07) is 0. The summed E-state index contributed by atoms with van der Waals surface area (Å²) in [5, 5.41) is 0. The van der Waals surface area contributed by atoms with Gasteiger partial charge in [-0.25, -0.2) is 0 Å². The zero-order valence-electron chi connectivity index (χ0n) is 7.72. The quantitative estimate of drug-likeness (QED) is 0.677. The van der Waals surface area contributed by atoms with Gasteiger partial charge >= 0.3 is 0 Å². The highest BCUT2D eigenvalue weighted by atomic mass is 79.9. The number of rotatable bonds is 2. The van der Waals surface area contributed by atoms with E-state index in [1.807, 2.05) is 0 Å². The second-order valence-electron chi connectivity index (χ2n) is 3.84. The molecule has 0 bridgehead atoms. The van der Waals surface area contributed by atoms with Gasteiger partial charge in [0.15, 0.2) is 0 Å². The number of carbonyl (C=O) groups is 1. The van der Waals surface area contributed by atoms with Gasteiger partial charge in [-0.05, 0) is 5.92 Å². The van der Waals surface area contributed by atoms with Gasteiger partial charge in [-0.2, -0.15) is 0 Å². The molecule has 1 atom stereocenters. The third-order valence-corrected chi connectivity index (χ3v) is 2.87. The molecule has 70 valence electrons. The first-order valence-corrected chi connectivity index (χ1v) is 5.40. The van der Waals surface area contributed by atoms with Crippen LogP contribution in [0.2, 0.25) is 0 Å². The molecule has 0 aromatic carbocycles. The third kappa shape index (κ3) is 2.87. The maximum Gasteiger partial charge on any atom is 0.149 e. The summed E-state index contributed by atoms with van der Waals surface area (Å²) in [6.07, 6.45) is 0.711. The first-order chi connectivity index (χ1) is 5.59. The SMILES string of the molecule is CC(C)CN1CCC(=O)C(Br)C1. The monoisotopic (exact) mass is 233 g/mol. The van der Waals surface area contributed by atoms with Gasteiger partial charge in [-0.15, -0.1) is 0 Å². The number of carbonyl (C=O) groups excluding carboxylic acids is 1. The first kappa shape index (κ1) is 10.2. The Balaban J connectivity index is 2.35. The summed E-state index contributed by atoms with van der Waals surface area (Å²) in [7, 11) is 0. The van der Waals surface area contributed by atoms with E-state index in [0.717, 1.165) is 19.6 Å². The van der Waals surface area contributed by atoms with Crippen LogP contribution < -0.4 is 0 Å². The van der Waals surface area contributed by atoms with Crippen molar-refractivity contribution in [1.82, 2.24) is 4.90 Å². The number of Topliss-reactive ketones (excluding diaryl/α,β-unsaturated/α-hetero) is 1. The van der Waals surface area contributed by atoms with Gasteiger partial charge in [0.25, 0.3) is 0 Å². The van der Waals surface area contributed by atoms with E-state index in [4.69, 9.17) is 0 Å². The average molecular weight is 234 g/mol. The maximum absolute atomic E-state index is 11.2. The van der Waals surface area contributed by atoms with Crippen LogP contribution >= 0.6 is 15.9 Å². The second kappa shape index (κ2) is 4.38.